The molecule has 0 spiro atoms. The van der Waals surface area contributed by atoms with Crippen LogP contribution in [0.15, 0.2) is 109 Å². The molecule has 48 heavy (non-hydrogen) atoms. The molecule has 0 saturated heterocycles. The summed E-state index contributed by atoms with van der Waals surface area (Å²) in [5.74, 6) is 0.0759. The van der Waals surface area contributed by atoms with Crippen molar-refractivity contribution in [2.24, 2.45) is 0 Å². The summed E-state index contributed by atoms with van der Waals surface area (Å²) in [6.07, 6.45) is -9.04. The minimum Gasteiger partial charge on any atom is -0.496 e. The van der Waals surface area contributed by atoms with Gasteiger partial charge in [-0.15, -0.1) is 0 Å². The molecule has 0 atom stereocenters. The van der Waals surface area contributed by atoms with Crippen LogP contribution in [0.3, 0.4) is 0 Å². The maximum Gasteiger partial charge on any atom is 0.416 e. The summed E-state index contributed by atoms with van der Waals surface area (Å²) in [6, 6.07) is 25.0. The number of benzene rings is 6. The number of ether oxygens (including phenoxy) is 2. The highest BCUT2D eigenvalue weighted by Crippen LogP contribution is 2.46. The van der Waals surface area contributed by atoms with E-state index in [1.807, 2.05) is 0 Å². The molecule has 0 fully saturated rings. The Morgan fingerprint density at radius 3 is 1.10 bits per heavy atom. The number of hydrogen-bond donors (Lipinski definition) is 0. The Labute approximate surface area is 270 Å². The fourth-order valence-electron chi connectivity index (χ4n) is 5.71. The van der Waals surface area contributed by atoms with Gasteiger partial charge in [0.2, 0.25) is 0 Å². The van der Waals surface area contributed by atoms with Crippen LogP contribution >= 0.6 is 0 Å². The summed E-state index contributed by atoms with van der Waals surface area (Å²) >= 11 is 0. The van der Waals surface area contributed by atoms with Crippen molar-refractivity contribution in [2.45, 2.75) is 12.4 Å². The van der Waals surface area contributed by atoms with E-state index >= 15 is 0 Å². The molecule has 0 saturated carbocycles. The Kier molecular flexibility index (Phi) is 8.20. The molecular weight excluding hydrogens is 634 g/mol. The van der Waals surface area contributed by atoms with E-state index < -0.39 is 35.0 Å². The van der Waals surface area contributed by atoms with Crippen LogP contribution in [0.4, 0.5) is 26.3 Å². The molecule has 10 heteroatoms. The van der Waals surface area contributed by atoms with Crippen molar-refractivity contribution in [3.05, 3.63) is 143 Å². The fraction of sp³-hybridized carbons (Fsp3) is 0.105. The highest BCUT2D eigenvalue weighted by atomic mass is 19.4. The minimum absolute atomic E-state index is 0.105. The predicted octanol–water partition coefficient (Wildman–Crippen LogP) is 10.2. The van der Waals surface area contributed by atoms with Gasteiger partial charge in [-0.1, -0.05) is 60.7 Å². The van der Waals surface area contributed by atoms with Crippen LogP contribution in [0, 0.1) is 0 Å². The van der Waals surface area contributed by atoms with Gasteiger partial charge in [-0.25, -0.2) is 0 Å². The van der Waals surface area contributed by atoms with Crippen LogP contribution in [0.1, 0.15) is 43.0 Å². The van der Waals surface area contributed by atoms with E-state index in [1.165, 1.54) is 14.2 Å². The lowest BCUT2D eigenvalue weighted by molar-refractivity contribution is -0.138. The van der Waals surface area contributed by atoms with Crippen molar-refractivity contribution >= 4 is 33.1 Å². The van der Waals surface area contributed by atoms with Crippen LogP contribution in [0.2, 0.25) is 0 Å². The van der Waals surface area contributed by atoms with Gasteiger partial charge >= 0.3 is 12.4 Å². The molecule has 6 aromatic carbocycles. The molecule has 0 aliphatic rings. The molecule has 0 aromatic heterocycles. The molecule has 4 nitrogen and oxygen atoms in total. The number of carbonyl (C=O) groups excluding carboxylic acids is 2. The summed E-state index contributed by atoms with van der Waals surface area (Å²) in [6.45, 7) is 0. The lowest BCUT2D eigenvalue weighted by atomic mass is 9.89. The standard InChI is InChI=1S/C38H24F6O4/c1-47-31-17-9-23-19-25(35(45)21-3-11-27(12-4-21)37(39,40)41)7-15-29(23)33(31)34-30-16-8-26(20-24(30)10-18-32(34)48-2)36(46)22-5-13-28(14-6-22)38(42,43)44/h3-20H,1-2H3. The fourth-order valence-corrected chi connectivity index (χ4v) is 5.71. The Hall–Kier alpha value is -5.64. The zero-order valence-corrected chi connectivity index (χ0v) is 25.3. The van der Waals surface area contributed by atoms with E-state index in [0.29, 0.717) is 44.2 Å². The Balaban J connectivity index is 1.43. The predicted molar refractivity (Wildman–Crippen MR) is 170 cm³/mol. The number of methoxy groups -OCH3 is 2. The third-order valence-electron chi connectivity index (χ3n) is 8.13. The average molecular weight is 659 g/mol. The van der Waals surface area contributed by atoms with Crippen LogP contribution in [0.5, 0.6) is 11.5 Å². The minimum atomic E-state index is -4.52. The number of fused-ring (bicyclic) bond motifs is 2. The van der Waals surface area contributed by atoms with Crippen molar-refractivity contribution in [2.75, 3.05) is 14.2 Å². The molecule has 0 radical (unpaired) electrons. The summed E-state index contributed by atoms with van der Waals surface area (Å²) in [5, 5.41) is 2.68. The quantitative estimate of drug-likeness (QED) is 0.127. The van der Waals surface area contributed by atoms with Crippen molar-refractivity contribution in [3.8, 4) is 22.6 Å². The van der Waals surface area contributed by atoms with Crippen LogP contribution in [-0.2, 0) is 12.4 Å². The second-order valence-electron chi connectivity index (χ2n) is 11.0. The highest BCUT2D eigenvalue weighted by molar-refractivity contribution is 6.15. The average Bonchev–Trinajstić information content (AvgIpc) is 3.08. The maximum atomic E-state index is 13.3. The Morgan fingerprint density at radius 1 is 0.458 bits per heavy atom. The zero-order valence-electron chi connectivity index (χ0n) is 25.3. The van der Waals surface area contributed by atoms with Gasteiger partial charge in [-0.3, -0.25) is 9.59 Å². The van der Waals surface area contributed by atoms with Gasteiger partial charge in [0.15, 0.2) is 11.6 Å². The molecule has 0 aliphatic carbocycles. The summed E-state index contributed by atoms with van der Waals surface area (Å²) in [7, 11) is 3.01. The smallest absolute Gasteiger partial charge is 0.416 e. The van der Waals surface area contributed by atoms with Gasteiger partial charge in [0.1, 0.15) is 11.5 Å². The normalized spacial score (nSPS) is 11.9. The second-order valence-corrected chi connectivity index (χ2v) is 11.0. The highest BCUT2D eigenvalue weighted by Gasteiger charge is 2.31. The topological polar surface area (TPSA) is 52.6 Å². The van der Waals surface area contributed by atoms with Gasteiger partial charge in [-0.05, 0) is 70.1 Å². The van der Waals surface area contributed by atoms with Gasteiger partial charge in [0.25, 0.3) is 0 Å². The van der Waals surface area contributed by atoms with Crippen molar-refractivity contribution < 1.29 is 45.4 Å². The third-order valence-corrected chi connectivity index (χ3v) is 8.13. The second kappa shape index (κ2) is 12.2. The molecule has 0 unspecified atom stereocenters. The van der Waals surface area contributed by atoms with Gasteiger partial charge < -0.3 is 9.47 Å². The van der Waals surface area contributed by atoms with Crippen LogP contribution in [-0.4, -0.2) is 25.8 Å². The first-order chi connectivity index (χ1) is 22.8. The number of hydrogen-bond acceptors (Lipinski definition) is 4. The molecule has 0 amide bonds. The van der Waals surface area contributed by atoms with Gasteiger partial charge in [-0.2, -0.15) is 26.3 Å². The van der Waals surface area contributed by atoms with E-state index in [2.05, 4.69) is 0 Å². The lowest BCUT2D eigenvalue weighted by Crippen LogP contribution is -2.07. The monoisotopic (exact) mass is 658 g/mol. The molecule has 0 bridgehead atoms. The summed E-state index contributed by atoms with van der Waals surface area (Å²) in [5.41, 5.74) is 0.315. The van der Waals surface area contributed by atoms with E-state index in [0.717, 1.165) is 48.5 Å². The Bertz CT molecular complexity index is 2040. The summed E-state index contributed by atoms with van der Waals surface area (Å²) in [4.78, 5) is 26.5. The van der Waals surface area contributed by atoms with Crippen molar-refractivity contribution in [1.29, 1.82) is 0 Å². The number of carbonyl (C=O) groups is 2. The van der Waals surface area contributed by atoms with E-state index in [4.69, 9.17) is 9.47 Å². The van der Waals surface area contributed by atoms with Crippen LogP contribution in [0.25, 0.3) is 32.7 Å². The molecule has 0 N–H and O–H groups in total. The van der Waals surface area contributed by atoms with Crippen molar-refractivity contribution in [1.82, 2.24) is 0 Å². The first-order valence-corrected chi connectivity index (χ1v) is 14.5. The summed E-state index contributed by atoms with van der Waals surface area (Å²) < 4.78 is 89.7. The third kappa shape index (κ3) is 5.97. The van der Waals surface area contributed by atoms with Gasteiger partial charge in [0, 0.05) is 33.4 Å². The SMILES string of the molecule is COc1ccc2cc(C(=O)c3ccc(C(F)(F)F)cc3)ccc2c1-c1c(OC)ccc2cc(C(=O)c3ccc(C(F)(F)F)cc3)ccc12. The van der Waals surface area contributed by atoms with Gasteiger partial charge in [0.05, 0.1) is 25.3 Å². The first-order valence-electron chi connectivity index (χ1n) is 14.5. The lowest BCUT2D eigenvalue weighted by Gasteiger charge is -2.18. The zero-order chi connectivity index (χ0) is 34.4. The molecular formula is C38H24F6O4. The number of rotatable bonds is 7. The Morgan fingerprint density at radius 2 is 0.792 bits per heavy atom. The number of halogens is 6. The van der Waals surface area contributed by atoms with E-state index in [1.54, 1.807) is 60.7 Å². The van der Waals surface area contributed by atoms with E-state index in [9.17, 15) is 35.9 Å². The first kappa shape index (κ1) is 32.3. The number of ketones is 2. The molecule has 0 aliphatic heterocycles. The molecule has 0 heterocycles. The van der Waals surface area contributed by atoms with Crippen molar-refractivity contribution in [3.63, 3.8) is 0 Å². The molecule has 242 valence electrons. The van der Waals surface area contributed by atoms with Crippen LogP contribution < -0.4 is 9.47 Å². The molecule has 6 aromatic rings. The van der Waals surface area contributed by atoms with E-state index in [-0.39, 0.29) is 22.3 Å². The number of alkyl halides is 6. The maximum absolute atomic E-state index is 13.3. The largest absolute Gasteiger partial charge is 0.496 e. The molecule has 6 rings (SSSR count).